The van der Waals surface area contributed by atoms with Crippen LogP contribution in [0.1, 0.15) is 23.7 Å². The smallest absolute Gasteiger partial charge is 0.253 e. The van der Waals surface area contributed by atoms with E-state index in [-0.39, 0.29) is 17.1 Å². The third kappa shape index (κ3) is 4.72. The lowest BCUT2D eigenvalue weighted by Crippen LogP contribution is -2.54. The lowest BCUT2D eigenvalue weighted by Gasteiger charge is -2.36. The molecule has 13 heteroatoms. The van der Waals surface area contributed by atoms with Crippen molar-refractivity contribution in [2.75, 3.05) is 24.6 Å². The predicted octanol–water partition coefficient (Wildman–Crippen LogP) is 3.23. The van der Waals surface area contributed by atoms with Gasteiger partial charge in [0.2, 0.25) is 0 Å². The van der Waals surface area contributed by atoms with Gasteiger partial charge in [0, 0.05) is 18.7 Å². The van der Waals surface area contributed by atoms with Crippen LogP contribution in [0.2, 0.25) is 5.02 Å². The first-order chi connectivity index (χ1) is 18.9. The summed E-state index contributed by atoms with van der Waals surface area (Å²) in [5.74, 6) is 0.147. The van der Waals surface area contributed by atoms with Gasteiger partial charge in [0.15, 0.2) is 5.65 Å². The van der Waals surface area contributed by atoms with Gasteiger partial charge >= 0.3 is 0 Å². The molecule has 0 aliphatic carbocycles. The highest BCUT2D eigenvalue weighted by Crippen LogP contribution is 2.32. The Balaban J connectivity index is 1.20. The summed E-state index contributed by atoms with van der Waals surface area (Å²) in [6, 6.07) is 4.98. The summed E-state index contributed by atoms with van der Waals surface area (Å²) in [5, 5.41) is 26.0. The van der Waals surface area contributed by atoms with Gasteiger partial charge in [0.25, 0.3) is 5.91 Å². The number of halogens is 2. The largest absolute Gasteiger partial charge is 0.492 e. The molecule has 0 spiro atoms. The molecule has 1 fully saturated rings. The van der Waals surface area contributed by atoms with Crippen LogP contribution in [0.5, 0.6) is 5.75 Å². The second kappa shape index (κ2) is 10.1. The second-order valence-electron chi connectivity index (χ2n) is 9.21. The maximum atomic E-state index is 13.6. The van der Waals surface area contributed by atoms with Gasteiger partial charge in [0.05, 0.1) is 70.7 Å². The summed E-state index contributed by atoms with van der Waals surface area (Å²) in [7, 11) is 0. The lowest BCUT2D eigenvalue weighted by atomic mass is 10.0. The van der Waals surface area contributed by atoms with Crippen molar-refractivity contribution in [1.29, 1.82) is 0 Å². The molecular weight excluding hydrogens is 527 g/mol. The molecule has 0 bridgehead atoms. The maximum Gasteiger partial charge on any atom is 0.253 e. The van der Waals surface area contributed by atoms with Crippen LogP contribution in [0.25, 0.3) is 27.8 Å². The van der Waals surface area contributed by atoms with Crippen LogP contribution in [0, 0.1) is 5.82 Å². The molecule has 11 nitrogen and oxygen atoms in total. The van der Waals surface area contributed by atoms with Crippen LogP contribution in [0.15, 0.2) is 49.1 Å². The van der Waals surface area contributed by atoms with Crippen molar-refractivity contribution in [3.8, 4) is 17.0 Å². The molecule has 1 amide bonds. The molecule has 5 heterocycles. The highest BCUT2D eigenvalue weighted by molar-refractivity contribution is 6.33. The Morgan fingerprint density at radius 2 is 2.15 bits per heavy atom. The summed E-state index contributed by atoms with van der Waals surface area (Å²) < 4.78 is 21.1. The van der Waals surface area contributed by atoms with E-state index in [9.17, 15) is 14.3 Å². The number of pyridine rings is 1. The number of hydrogen-bond donors (Lipinski definition) is 3. The molecule has 0 saturated carbocycles. The van der Waals surface area contributed by atoms with Crippen LogP contribution in [0.3, 0.4) is 0 Å². The molecule has 1 aliphatic heterocycles. The van der Waals surface area contributed by atoms with Crippen molar-refractivity contribution in [2.45, 2.75) is 25.5 Å². The average molecular weight is 551 g/mol. The van der Waals surface area contributed by atoms with Crippen molar-refractivity contribution in [3.63, 3.8) is 0 Å². The number of nitrogens with zero attached hydrogens (tertiary/aromatic N) is 6. The van der Waals surface area contributed by atoms with Gasteiger partial charge in [-0.2, -0.15) is 5.10 Å². The number of aliphatic hydroxyl groups is 1. The van der Waals surface area contributed by atoms with Gasteiger partial charge in [-0.3, -0.25) is 14.9 Å². The van der Waals surface area contributed by atoms with Crippen LogP contribution in [-0.4, -0.2) is 72.6 Å². The monoisotopic (exact) mass is 550 g/mol. The molecule has 5 aromatic rings. The van der Waals surface area contributed by atoms with Crippen molar-refractivity contribution >= 4 is 39.9 Å². The number of hydrogen-bond acceptors (Lipinski definition) is 8. The molecule has 1 aromatic carbocycles. The highest BCUT2D eigenvalue weighted by atomic mass is 35.5. The zero-order chi connectivity index (χ0) is 27.1. The van der Waals surface area contributed by atoms with Crippen molar-refractivity contribution in [2.24, 2.45) is 0 Å². The van der Waals surface area contributed by atoms with E-state index in [0.29, 0.717) is 42.5 Å². The zero-order valence-corrected chi connectivity index (χ0v) is 21.6. The normalized spacial score (nSPS) is 17.6. The molecule has 0 radical (unpaired) electrons. The Morgan fingerprint density at radius 3 is 2.92 bits per heavy atom. The van der Waals surface area contributed by atoms with Crippen LogP contribution in [-0.2, 0) is 0 Å². The first-order valence-corrected chi connectivity index (χ1v) is 12.8. The van der Waals surface area contributed by atoms with Gasteiger partial charge in [-0.05, 0) is 37.6 Å². The van der Waals surface area contributed by atoms with Gasteiger partial charge in [-0.25, -0.2) is 13.9 Å². The van der Waals surface area contributed by atoms with E-state index in [2.05, 4.69) is 30.6 Å². The molecule has 6 rings (SSSR count). The quantitative estimate of drug-likeness (QED) is 0.293. The number of carbonyl (C=O) groups excluding carboxylic acids is 1. The highest BCUT2D eigenvalue weighted by Gasteiger charge is 2.30. The number of aliphatic hydroxyl groups excluding tert-OH is 1. The maximum absolute atomic E-state index is 13.6. The number of carbonyl (C=O) groups is 1. The SMILES string of the molecule is CCOc1cc(-c2cnc(N3CC[C@H](NC(=O)c4cc(F)ccc4Cl)C(O)C3)cn2)c2c3cn[nH]c3nn2c1. The predicted molar refractivity (Wildman–Crippen MR) is 143 cm³/mol. The average Bonchev–Trinajstić information content (AvgIpc) is 3.52. The Kier molecular flexibility index (Phi) is 6.49. The van der Waals surface area contributed by atoms with E-state index in [1.165, 1.54) is 12.1 Å². The first-order valence-electron chi connectivity index (χ1n) is 12.4. The molecule has 1 unspecified atom stereocenters. The number of aromatic amines is 1. The number of fused-ring (bicyclic) bond motifs is 3. The number of aromatic nitrogens is 6. The molecule has 1 saturated heterocycles. The fourth-order valence-electron chi connectivity index (χ4n) is 4.83. The third-order valence-electron chi connectivity index (χ3n) is 6.72. The minimum absolute atomic E-state index is 0.0288. The van der Waals surface area contributed by atoms with E-state index in [4.69, 9.17) is 16.3 Å². The van der Waals surface area contributed by atoms with Gasteiger partial charge in [-0.15, -0.1) is 5.10 Å². The Labute approximate surface area is 226 Å². The molecule has 4 aromatic heterocycles. The molecule has 200 valence electrons. The summed E-state index contributed by atoms with van der Waals surface area (Å²) in [5.41, 5.74) is 2.93. The van der Waals surface area contributed by atoms with Crippen molar-refractivity contribution in [3.05, 3.63) is 65.5 Å². The molecular formula is C26H24ClFN8O3. The van der Waals surface area contributed by atoms with Gasteiger partial charge in [0.1, 0.15) is 17.4 Å². The van der Waals surface area contributed by atoms with E-state index < -0.39 is 23.9 Å². The number of nitrogens with one attached hydrogen (secondary N) is 2. The molecule has 39 heavy (non-hydrogen) atoms. The molecule has 1 aliphatic rings. The Bertz CT molecular complexity index is 1670. The third-order valence-corrected chi connectivity index (χ3v) is 7.05. The van der Waals surface area contributed by atoms with Crippen LogP contribution in [0.4, 0.5) is 10.2 Å². The number of H-pyrrole nitrogens is 1. The van der Waals surface area contributed by atoms with E-state index in [0.717, 1.165) is 22.5 Å². The standard InChI is InChI=1S/C26H24ClFN8O3/c1-2-39-15-8-17(24-18-9-31-33-25(18)34-36(24)12-15)21-10-30-23(11-29-21)35-6-5-20(22(37)13-35)32-26(38)16-7-14(28)3-4-19(16)27/h3-4,7-12,20,22,37H,2,5-6,13H2,1H3,(H,32,38)(H,33,34)/t20-,22?/m0/s1. The second-order valence-corrected chi connectivity index (χ2v) is 9.62. The van der Waals surface area contributed by atoms with Crippen LogP contribution < -0.4 is 15.0 Å². The Morgan fingerprint density at radius 1 is 1.28 bits per heavy atom. The minimum Gasteiger partial charge on any atom is -0.492 e. The number of benzene rings is 1. The number of anilines is 1. The number of ether oxygens (including phenoxy) is 1. The van der Waals surface area contributed by atoms with E-state index in [1.54, 1.807) is 23.1 Å². The number of β-amino-alcohol motifs (C(OH)–C–C–N with tert-alkyl or cyclic N) is 1. The van der Waals surface area contributed by atoms with E-state index >= 15 is 0 Å². The summed E-state index contributed by atoms with van der Waals surface area (Å²) >= 11 is 6.05. The van der Waals surface area contributed by atoms with Crippen LogP contribution >= 0.6 is 11.6 Å². The first kappa shape index (κ1) is 25.0. The summed E-state index contributed by atoms with van der Waals surface area (Å²) in [4.78, 5) is 23.8. The fourth-order valence-corrected chi connectivity index (χ4v) is 5.03. The summed E-state index contributed by atoms with van der Waals surface area (Å²) in [6.07, 6.45) is 6.43. The number of piperidine rings is 1. The van der Waals surface area contributed by atoms with Crippen molar-refractivity contribution in [1.82, 2.24) is 35.1 Å². The van der Waals surface area contributed by atoms with Crippen molar-refractivity contribution < 1.29 is 19.0 Å². The number of rotatable bonds is 6. The molecule has 3 N–H and O–H groups in total. The number of amides is 1. The summed E-state index contributed by atoms with van der Waals surface area (Å²) in [6.45, 7) is 3.17. The zero-order valence-electron chi connectivity index (χ0n) is 20.8. The van der Waals surface area contributed by atoms with Gasteiger partial charge in [-0.1, -0.05) is 11.6 Å². The lowest BCUT2D eigenvalue weighted by molar-refractivity contribution is 0.0797. The van der Waals surface area contributed by atoms with Gasteiger partial charge < -0.3 is 20.1 Å². The molecule has 2 atom stereocenters. The minimum atomic E-state index is -0.875. The Hall–Kier alpha value is -4.29. The topological polar surface area (TPSA) is 134 Å². The van der Waals surface area contributed by atoms with E-state index in [1.807, 2.05) is 24.1 Å². The fraction of sp³-hybridized carbons (Fsp3) is 0.269.